The van der Waals surface area contributed by atoms with E-state index in [1.54, 1.807) is 54.6 Å². The van der Waals surface area contributed by atoms with Gasteiger partial charge in [0.05, 0.1) is 13.2 Å². The van der Waals surface area contributed by atoms with Crippen LogP contribution in [0.25, 0.3) is 17.2 Å². The van der Waals surface area contributed by atoms with Crippen molar-refractivity contribution in [3.63, 3.8) is 0 Å². The number of allylic oxidation sites excluding steroid dienone is 1. The van der Waals surface area contributed by atoms with Gasteiger partial charge in [-0.1, -0.05) is 69.2 Å². The van der Waals surface area contributed by atoms with Crippen LogP contribution in [0, 0.1) is 23.4 Å². The molecule has 1 fully saturated rings. The Balaban J connectivity index is 1.33. The molecule has 3 aromatic carbocycles. The van der Waals surface area contributed by atoms with E-state index in [0.29, 0.717) is 30.4 Å². The number of benzene rings is 3. The summed E-state index contributed by atoms with van der Waals surface area (Å²) >= 11 is 0. The van der Waals surface area contributed by atoms with Crippen molar-refractivity contribution in [3.8, 4) is 22.6 Å². The van der Waals surface area contributed by atoms with Crippen LogP contribution in [0.2, 0.25) is 0 Å². The highest BCUT2D eigenvalue weighted by Crippen LogP contribution is 2.38. The Labute approximate surface area is 230 Å². The summed E-state index contributed by atoms with van der Waals surface area (Å²) in [5, 5.41) is 0. The van der Waals surface area contributed by atoms with Crippen LogP contribution in [0.3, 0.4) is 0 Å². The second-order valence-electron chi connectivity index (χ2n) is 10.4. The maximum Gasteiger partial charge on any atom is 0.167 e. The van der Waals surface area contributed by atoms with Crippen molar-refractivity contribution in [2.45, 2.75) is 71.1 Å². The smallest absolute Gasteiger partial charge is 0.167 e. The van der Waals surface area contributed by atoms with Crippen molar-refractivity contribution in [1.29, 1.82) is 0 Å². The van der Waals surface area contributed by atoms with Crippen LogP contribution in [0.5, 0.6) is 11.5 Å². The molecule has 0 heterocycles. The van der Waals surface area contributed by atoms with Gasteiger partial charge >= 0.3 is 0 Å². The van der Waals surface area contributed by atoms with Crippen molar-refractivity contribution >= 4 is 6.08 Å². The maximum atomic E-state index is 15.0. The Kier molecular flexibility index (Phi) is 10.5. The van der Waals surface area contributed by atoms with E-state index in [0.717, 1.165) is 62.7 Å². The van der Waals surface area contributed by atoms with Gasteiger partial charge in [0, 0.05) is 11.1 Å². The molecule has 0 bridgehead atoms. The van der Waals surface area contributed by atoms with Gasteiger partial charge in [0.2, 0.25) is 0 Å². The summed E-state index contributed by atoms with van der Waals surface area (Å²) in [7, 11) is 0. The quantitative estimate of drug-likeness (QED) is 0.214. The summed E-state index contributed by atoms with van der Waals surface area (Å²) in [6, 6.07) is 15.7. The first-order valence-electron chi connectivity index (χ1n) is 14.3. The van der Waals surface area contributed by atoms with Gasteiger partial charge in [0.15, 0.2) is 23.2 Å². The molecule has 2 nitrogen and oxygen atoms in total. The van der Waals surface area contributed by atoms with Gasteiger partial charge in [-0.25, -0.2) is 13.2 Å². The van der Waals surface area contributed by atoms with E-state index in [-0.39, 0.29) is 22.9 Å². The largest absolute Gasteiger partial charge is 0.494 e. The zero-order chi connectivity index (χ0) is 27.6. The minimum absolute atomic E-state index is 0.235. The fourth-order valence-corrected chi connectivity index (χ4v) is 5.08. The molecule has 0 atom stereocenters. The predicted octanol–water partition coefficient (Wildman–Crippen LogP) is 10.1. The van der Waals surface area contributed by atoms with Crippen molar-refractivity contribution in [2.24, 2.45) is 5.92 Å². The number of ether oxygens (including phenoxy) is 2. The van der Waals surface area contributed by atoms with Gasteiger partial charge in [0.25, 0.3) is 0 Å². The molecule has 1 saturated carbocycles. The molecule has 3 aromatic rings. The van der Waals surface area contributed by atoms with E-state index in [9.17, 15) is 13.2 Å². The molecule has 0 amide bonds. The first-order chi connectivity index (χ1) is 19.0. The Bertz CT molecular complexity index is 1230. The van der Waals surface area contributed by atoms with Gasteiger partial charge in [-0.3, -0.25) is 0 Å². The van der Waals surface area contributed by atoms with Gasteiger partial charge in [-0.15, -0.1) is 0 Å². The fourth-order valence-electron chi connectivity index (χ4n) is 5.08. The first-order valence-corrected chi connectivity index (χ1v) is 14.3. The van der Waals surface area contributed by atoms with Crippen LogP contribution >= 0.6 is 0 Å². The lowest BCUT2D eigenvalue weighted by Crippen LogP contribution is -2.12. The van der Waals surface area contributed by atoms with Crippen LogP contribution < -0.4 is 9.47 Å². The van der Waals surface area contributed by atoms with Crippen molar-refractivity contribution in [1.82, 2.24) is 0 Å². The molecule has 4 rings (SSSR count). The second-order valence-corrected chi connectivity index (χ2v) is 10.4. The van der Waals surface area contributed by atoms with Gasteiger partial charge in [0.1, 0.15) is 5.75 Å². The average Bonchev–Trinajstić information content (AvgIpc) is 2.96. The van der Waals surface area contributed by atoms with Gasteiger partial charge in [-0.05, 0) is 85.8 Å². The third-order valence-electron chi connectivity index (χ3n) is 7.55. The number of hydrogen-bond acceptors (Lipinski definition) is 2. The van der Waals surface area contributed by atoms with E-state index >= 15 is 0 Å². The van der Waals surface area contributed by atoms with Gasteiger partial charge < -0.3 is 9.47 Å². The van der Waals surface area contributed by atoms with E-state index < -0.39 is 11.6 Å². The SMILES string of the molecule is CCCCOc1ccc(-c2ccc(/C=C/C3CCC(c4ccc(OCCCC)c(F)c4)CC3)c(F)c2F)cc1. The highest BCUT2D eigenvalue weighted by atomic mass is 19.2. The van der Waals surface area contributed by atoms with Crippen molar-refractivity contribution in [3.05, 3.63) is 89.3 Å². The second kappa shape index (κ2) is 14.3. The van der Waals surface area contributed by atoms with Gasteiger partial charge in [-0.2, -0.15) is 0 Å². The molecule has 0 N–H and O–H groups in total. The topological polar surface area (TPSA) is 18.5 Å². The average molecular weight is 537 g/mol. The normalized spacial score (nSPS) is 17.5. The third-order valence-corrected chi connectivity index (χ3v) is 7.55. The summed E-state index contributed by atoms with van der Waals surface area (Å²) < 4.78 is 55.6. The summed E-state index contributed by atoms with van der Waals surface area (Å²) in [5.41, 5.74) is 2.10. The molecule has 208 valence electrons. The Morgan fingerprint density at radius 1 is 0.769 bits per heavy atom. The van der Waals surface area contributed by atoms with Crippen LogP contribution in [0.4, 0.5) is 13.2 Å². The Morgan fingerprint density at radius 3 is 2.13 bits per heavy atom. The molecule has 5 heteroatoms. The van der Waals surface area contributed by atoms with E-state index in [2.05, 4.69) is 13.8 Å². The maximum absolute atomic E-state index is 15.0. The molecule has 0 radical (unpaired) electrons. The lowest BCUT2D eigenvalue weighted by molar-refractivity contribution is 0.293. The number of rotatable bonds is 12. The third kappa shape index (κ3) is 7.68. The molecule has 0 saturated heterocycles. The molecule has 0 unspecified atom stereocenters. The van der Waals surface area contributed by atoms with Crippen LogP contribution in [0.1, 0.15) is 82.3 Å². The van der Waals surface area contributed by atoms with Crippen LogP contribution in [-0.4, -0.2) is 13.2 Å². The Hall–Kier alpha value is -3.21. The molecule has 0 spiro atoms. The number of hydrogen-bond donors (Lipinski definition) is 0. The van der Waals surface area contributed by atoms with Crippen LogP contribution in [-0.2, 0) is 0 Å². The van der Waals surface area contributed by atoms with E-state index in [1.165, 1.54) is 0 Å². The minimum atomic E-state index is -0.843. The molecule has 0 aromatic heterocycles. The summed E-state index contributed by atoms with van der Waals surface area (Å²) in [5.74, 6) is -0.362. The highest BCUT2D eigenvalue weighted by molar-refractivity contribution is 5.67. The number of halogens is 3. The van der Waals surface area contributed by atoms with Crippen LogP contribution in [0.15, 0.2) is 60.7 Å². The van der Waals surface area contributed by atoms with E-state index in [1.807, 2.05) is 12.1 Å². The number of unbranched alkanes of at least 4 members (excludes halogenated alkanes) is 2. The minimum Gasteiger partial charge on any atom is -0.494 e. The lowest BCUT2D eigenvalue weighted by Gasteiger charge is -2.27. The summed E-state index contributed by atoms with van der Waals surface area (Å²) in [6.07, 6.45) is 11.3. The van der Waals surface area contributed by atoms with Crippen molar-refractivity contribution in [2.75, 3.05) is 13.2 Å². The molecular weight excluding hydrogens is 497 g/mol. The lowest BCUT2D eigenvalue weighted by atomic mass is 9.78. The highest BCUT2D eigenvalue weighted by Gasteiger charge is 2.22. The van der Waals surface area contributed by atoms with E-state index in [4.69, 9.17) is 9.47 Å². The molecule has 1 aliphatic carbocycles. The zero-order valence-corrected chi connectivity index (χ0v) is 23.0. The standard InChI is InChI=1S/C34H39F3O2/c1-3-5-21-38-29-17-13-26(14-18-29)30-19-15-27(33(36)34(30)37)12-9-24-7-10-25(11-8-24)28-16-20-32(31(35)23-28)39-22-6-4-2/h9,12-20,23-25H,3-8,10-11,21-22H2,1-2H3/b12-9+. The predicted molar refractivity (Wildman–Crippen MR) is 153 cm³/mol. The summed E-state index contributed by atoms with van der Waals surface area (Å²) in [6.45, 7) is 5.34. The first kappa shape index (κ1) is 28.8. The fraction of sp³-hybridized carbons (Fsp3) is 0.412. The molecule has 1 aliphatic rings. The zero-order valence-electron chi connectivity index (χ0n) is 23.0. The Morgan fingerprint density at radius 2 is 1.46 bits per heavy atom. The molecule has 39 heavy (non-hydrogen) atoms. The monoisotopic (exact) mass is 536 g/mol. The summed E-state index contributed by atoms with van der Waals surface area (Å²) in [4.78, 5) is 0. The molecular formula is C34H39F3O2. The van der Waals surface area contributed by atoms with Crippen molar-refractivity contribution < 1.29 is 22.6 Å². The molecule has 0 aliphatic heterocycles.